The molecule has 0 aliphatic rings. The summed E-state index contributed by atoms with van der Waals surface area (Å²) < 4.78 is 38.7. The fraction of sp³-hybridized carbons (Fsp3) is 0.278. The van der Waals surface area contributed by atoms with Crippen molar-refractivity contribution in [2.24, 2.45) is 0 Å². The molecule has 0 saturated heterocycles. The average Bonchev–Trinajstić information content (AvgIpc) is 2.62. The van der Waals surface area contributed by atoms with Crippen molar-refractivity contribution in [3.63, 3.8) is 0 Å². The Morgan fingerprint density at radius 1 is 1.14 bits per heavy atom. The molecule has 2 rings (SSSR count). The number of hydrogen-bond acceptors (Lipinski definition) is 4. The fourth-order valence-corrected chi connectivity index (χ4v) is 3.39. The van der Waals surface area contributed by atoms with Gasteiger partial charge in [-0.3, -0.25) is 14.9 Å². The molecular weight excluding hydrogens is 417 g/mol. The Morgan fingerprint density at radius 2 is 1.79 bits per heavy atom. The lowest BCUT2D eigenvalue weighted by Gasteiger charge is -2.24. The Kier molecular flexibility index (Phi) is 7.70. The number of alkyl halides is 3. The van der Waals surface area contributed by atoms with E-state index >= 15 is 0 Å². The number of hydrogen-bond donors (Lipinski definition) is 0. The van der Waals surface area contributed by atoms with E-state index < -0.39 is 30.1 Å². The van der Waals surface area contributed by atoms with Crippen LogP contribution in [0.4, 0.5) is 18.9 Å². The van der Waals surface area contributed by atoms with Crippen LogP contribution in [0.5, 0.6) is 0 Å². The summed E-state index contributed by atoms with van der Waals surface area (Å²) in [5.41, 5.74) is -0.270. The molecule has 2 aromatic rings. The molecule has 0 bridgehead atoms. The van der Waals surface area contributed by atoms with Crippen molar-refractivity contribution in [3.8, 4) is 0 Å². The summed E-state index contributed by atoms with van der Waals surface area (Å²) in [5, 5.41) is 11.6. The topological polar surface area (TPSA) is 63.5 Å². The van der Waals surface area contributed by atoms with Crippen molar-refractivity contribution in [1.29, 1.82) is 0 Å². The van der Waals surface area contributed by atoms with E-state index in [-0.39, 0.29) is 23.4 Å². The van der Waals surface area contributed by atoms with Crippen molar-refractivity contribution in [2.75, 3.05) is 12.3 Å². The number of carbonyl (C=O) groups excluding carboxylic acids is 1. The minimum Gasteiger partial charge on any atom is -0.329 e. The molecule has 0 saturated carbocycles. The first-order chi connectivity index (χ1) is 13.2. The minimum absolute atomic E-state index is 0.0513. The van der Waals surface area contributed by atoms with Gasteiger partial charge < -0.3 is 4.90 Å². The second kappa shape index (κ2) is 9.79. The molecule has 0 radical (unpaired) electrons. The molecular formula is C18H16ClF3N2O3S. The second-order valence-corrected chi connectivity index (χ2v) is 7.41. The summed E-state index contributed by atoms with van der Waals surface area (Å²) in [6, 6.07) is 12.3. The van der Waals surface area contributed by atoms with Crippen LogP contribution in [0, 0.1) is 10.1 Å². The van der Waals surface area contributed by atoms with Crippen LogP contribution < -0.4 is 0 Å². The van der Waals surface area contributed by atoms with Gasteiger partial charge >= 0.3 is 6.18 Å². The van der Waals surface area contributed by atoms with Crippen LogP contribution in [-0.4, -0.2) is 34.2 Å². The van der Waals surface area contributed by atoms with E-state index in [2.05, 4.69) is 0 Å². The van der Waals surface area contributed by atoms with Gasteiger partial charge in [-0.2, -0.15) is 13.2 Å². The highest BCUT2D eigenvalue weighted by molar-refractivity contribution is 7.99. The second-order valence-electron chi connectivity index (χ2n) is 5.80. The number of carbonyl (C=O) groups is 1. The van der Waals surface area contributed by atoms with Crippen LogP contribution in [0.25, 0.3) is 0 Å². The largest absolute Gasteiger partial charge is 0.406 e. The van der Waals surface area contributed by atoms with Gasteiger partial charge in [-0.1, -0.05) is 29.8 Å². The first kappa shape index (κ1) is 22.0. The van der Waals surface area contributed by atoms with Gasteiger partial charge in [-0.15, -0.1) is 11.8 Å². The molecule has 0 heterocycles. The summed E-state index contributed by atoms with van der Waals surface area (Å²) in [6.45, 7) is -1.95. The van der Waals surface area contributed by atoms with Crippen LogP contribution in [0.1, 0.15) is 12.0 Å². The molecule has 0 unspecified atom stereocenters. The zero-order chi connectivity index (χ0) is 20.7. The van der Waals surface area contributed by atoms with E-state index in [1.807, 2.05) is 0 Å². The fourth-order valence-electron chi connectivity index (χ4n) is 2.42. The number of nitrogens with zero attached hydrogens (tertiary/aromatic N) is 2. The third kappa shape index (κ3) is 7.05. The quantitative estimate of drug-likeness (QED) is 0.321. The Bertz CT molecular complexity index is 832. The van der Waals surface area contributed by atoms with Crippen LogP contribution in [0.3, 0.4) is 0 Å². The minimum atomic E-state index is -4.61. The Hall–Kier alpha value is -2.26. The van der Waals surface area contributed by atoms with E-state index in [0.717, 1.165) is 4.90 Å². The SMILES string of the molecule is O=C(CCSc1ccc(Cl)cc1)N(Cc1ccccc1[N+](=O)[O-])CC(F)(F)F. The van der Waals surface area contributed by atoms with Gasteiger partial charge in [0.25, 0.3) is 5.69 Å². The molecule has 2 aromatic carbocycles. The molecule has 5 nitrogen and oxygen atoms in total. The van der Waals surface area contributed by atoms with Crippen molar-refractivity contribution < 1.29 is 22.9 Å². The summed E-state index contributed by atoms with van der Waals surface area (Å²) >= 11 is 7.10. The molecule has 28 heavy (non-hydrogen) atoms. The number of halogens is 4. The van der Waals surface area contributed by atoms with Gasteiger partial charge in [-0.25, -0.2) is 0 Å². The first-order valence-electron chi connectivity index (χ1n) is 8.11. The average molecular weight is 433 g/mol. The van der Waals surface area contributed by atoms with Gasteiger partial charge in [0.05, 0.1) is 11.5 Å². The van der Waals surface area contributed by atoms with Crippen LogP contribution in [0.15, 0.2) is 53.4 Å². The van der Waals surface area contributed by atoms with E-state index in [0.29, 0.717) is 9.92 Å². The van der Waals surface area contributed by atoms with Gasteiger partial charge in [0.15, 0.2) is 0 Å². The Balaban J connectivity index is 2.06. The molecule has 0 fully saturated rings. The van der Waals surface area contributed by atoms with Crippen LogP contribution >= 0.6 is 23.4 Å². The molecule has 0 atom stereocenters. The molecule has 0 aromatic heterocycles. The molecule has 0 aliphatic heterocycles. The highest BCUT2D eigenvalue weighted by atomic mass is 35.5. The van der Waals surface area contributed by atoms with Gasteiger partial charge in [-0.05, 0) is 24.3 Å². The van der Waals surface area contributed by atoms with E-state index in [1.54, 1.807) is 24.3 Å². The Morgan fingerprint density at radius 3 is 2.39 bits per heavy atom. The molecule has 1 amide bonds. The first-order valence-corrected chi connectivity index (χ1v) is 9.47. The molecule has 0 spiro atoms. The smallest absolute Gasteiger partial charge is 0.329 e. The van der Waals surface area contributed by atoms with E-state index in [1.165, 1.54) is 36.0 Å². The third-order valence-electron chi connectivity index (χ3n) is 3.67. The maximum absolute atomic E-state index is 12.9. The lowest BCUT2D eigenvalue weighted by molar-refractivity contribution is -0.385. The van der Waals surface area contributed by atoms with Gasteiger partial charge in [0.2, 0.25) is 5.91 Å². The number of nitro groups is 1. The summed E-state index contributed by atoms with van der Waals surface area (Å²) in [5.74, 6) is -0.456. The summed E-state index contributed by atoms with van der Waals surface area (Å²) in [6.07, 6.45) is -4.74. The van der Waals surface area contributed by atoms with Crippen molar-refractivity contribution in [1.82, 2.24) is 4.90 Å². The number of nitro benzene ring substituents is 1. The third-order valence-corrected chi connectivity index (χ3v) is 4.94. The predicted molar refractivity (Wildman–Crippen MR) is 101 cm³/mol. The van der Waals surface area contributed by atoms with Gasteiger partial charge in [0, 0.05) is 33.7 Å². The zero-order valence-electron chi connectivity index (χ0n) is 14.5. The van der Waals surface area contributed by atoms with Gasteiger partial charge in [0.1, 0.15) is 6.54 Å². The molecule has 10 heteroatoms. The zero-order valence-corrected chi connectivity index (χ0v) is 16.1. The molecule has 150 valence electrons. The number of benzene rings is 2. The predicted octanol–water partition coefficient (Wildman–Crippen LogP) is 5.32. The summed E-state index contributed by atoms with van der Waals surface area (Å²) in [4.78, 5) is 24.2. The standard InChI is InChI=1S/C18H16ClF3N2O3S/c19-14-5-7-15(8-6-14)28-10-9-17(25)23(12-18(20,21)22)11-13-3-1-2-4-16(13)24(26)27/h1-8H,9-12H2. The lowest BCUT2D eigenvalue weighted by atomic mass is 10.1. The Labute approximate surface area is 168 Å². The van der Waals surface area contributed by atoms with Crippen molar-refractivity contribution >= 4 is 35.0 Å². The summed E-state index contributed by atoms with van der Waals surface area (Å²) in [7, 11) is 0. The highest BCUT2D eigenvalue weighted by Gasteiger charge is 2.33. The maximum Gasteiger partial charge on any atom is 0.406 e. The molecule has 0 N–H and O–H groups in total. The van der Waals surface area contributed by atoms with Crippen molar-refractivity contribution in [2.45, 2.75) is 24.0 Å². The molecule has 0 aliphatic carbocycles. The highest BCUT2D eigenvalue weighted by Crippen LogP contribution is 2.25. The van der Waals surface area contributed by atoms with Crippen LogP contribution in [0.2, 0.25) is 5.02 Å². The van der Waals surface area contributed by atoms with Crippen molar-refractivity contribution in [3.05, 3.63) is 69.2 Å². The lowest BCUT2D eigenvalue weighted by Crippen LogP contribution is -2.38. The van der Waals surface area contributed by atoms with Crippen LogP contribution in [-0.2, 0) is 11.3 Å². The number of amides is 1. The van der Waals surface area contributed by atoms with E-state index in [4.69, 9.17) is 11.6 Å². The number of thioether (sulfide) groups is 1. The van der Waals surface area contributed by atoms with E-state index in [9.17, 15) is 28.1 Å². The maximum atomic E-state index is 12.9. The monoisotopic (exact) mass is 432 g/mol. The number of rotatable bonds is 8. The number of para-hydroxylation sites is 1. The normalized spacial score (nSPS) is 11.3.